The molecule has 0 unspecified atom stereocenters. The van der Waals surface area contributed by atoms with Crippen LogP contribution in [0, 0.1) is 0 Å². The summed E-state index contributed by atoms with van der Waals surface area (Å²) >= 11 is 11.7. The first kappa shape index (κ1) is 16.1. The zero-order valence-electron chi connectivity index (χ0n) is 11.3. The Labute approximate surface area is 122 Å². The third-order valence-corrected chi connectivity index (χ3v) is 4.09. The first-order valence-corrected chi connectivity index (χ1v) is 6.51. The number of hydrogen-bond acceptors (Lipinski definition) is 3. The minimum atomic E-state index is -1.08. The molecule has 0 bridgehead atoms. The summed E-state index contributed by atoms with van der Waals surface area (Å²) in [5, 5.41) is 13.2. The van der Waals surface area contributed by atoms with Crippen LogP contribution in [0.5, 0.6) is 0 Å². The van der Waals surface area contributed by atoms with Crippen LogP contribution < -0.4 is 11.1 Å². The van der Waals surface area contributed by atoms with Crippen molar-refractivity contribution in [2.24, 2.45) is 0 Å². The second-order valence-corrected chi connectivity index (χ2v) is 6.28. The third kappa shape index (κ3) is 3.53. The molecule has 6 heteroatoms. The van der Waals surface area contributed by atoms with Crippen LogP contribution in [0.25, 0.3) is 0 Å². The predicted octanol–water partition coefficient (Wildman–Crippen LogP) is 2.85. The number of carbonyl (C=O) groups is 1. The molecule has 0 saturated carbocycles. The Kier molecular flexibility index (Phi) is 4.40. The topological polar surface area (TPSA) is 75.3 Å². The lowest BCUT2D eigenvalue weighted by Gasteiger charge is -2.38. The minimum absolute atomic E-state index is 0.216. The summed E-state index contributed by atoms with van der Waals surface area (Å²) in [5.74, 6) is -0.377. The zero-order chi connectivity index (χ0) is 15.0. The summed E-state index contributed by atoms with van der Waals surface area (Å²) in [6.45, 7) is 6.70. The van der Waals surface area contributed by atoms with Crippen molar-refractivity contribution >= 4 is 34.8 Å². The highest BCUT2D eigenvalue weighted by atomic mass is 35.5. The van der Waals surface area contributed by atoms with Gasteiger partial charge in [-0.25, -0.2) is 0 Å². The molecule has 0 aliphatic rings. The maximum atomic E-state index is 12.1. The summed E-state index contributed by atoms with van der Waals surface area (Å²) in [7, 11) is 0. The van der Waals surface area contributed by atoms with Crippen molar-refractivity contribution in [1.82, 2.24) is 5.32 Å². The lowest BCUT2D eigenvalue weighted by Crippen LogP contribution is -2.57. The molecular formula is C13H18Cl2N2O2. The maximum Gasteiger partial charge on any atom is 0.251 e. The monoisotopic (exact) mass is 304 g/mol. The van der Waals surface area contributed by atoms with E-state index in [-0.39, 0.29) is 21.6 Å². The molecule has 4 N–H and O–H groups in total. The molecule has 4 nitrogen and oxygen atoms in total. The Morgan fingerprint density at radius 1 is 1.26 bits per heavy atom. The van der Waals surface area contributed by atoms with E-state index >= 15 is 0 Å². The standard InChI is InChI=1S/C13H18Cl2N2O2/c1-12(2,13(3,4)19)17-11(18)7-5-8(14)10(15)9(16)6-7/h5-6,19H,16H2,1-4H3,(H,17,18). The fraction of sp³-hybridized carbons (Fsp3) is 0.462. The number of rotatable bonds is 3. The average molecular weight is 305 g/mol. The molecule has 19 heavy (non-hydrogen) atoms. The first-order chi connectivity index (χ1) is 8.45. The van der Waals surface area contributed by atoms with Gasteiger partial charge in [0.25, 0.3) is 5.91 Å². The van der Waals surface area contributed by atoms with Crippen molar-refractivity contribution in [3.63, 3.8) is 0 Å². The van der Waals surface area contributed by atoms with Crippen LogP contribution in [0.3, 0.4) is 0 Å². The largest absolute Gasteiger partial charge is 0.397 e. The molecule has 1 rings (SSSR count). The highest BCUT2D eigenvalue weighted by Crippen LogP contribution is 2.30. The van der Waals surface area contributed by atoms with E-state index in [2.05, 4.69) is 5.32 Å². The Bertz CT molecular complexity index is 485. The Morgan fingerprint density at radius 3 is 2.21 bits per heavy atom. The van der Waals surface area contributed by atoms with Gasteiger partial charge in [0.15, 0.2) is 0 Å². The van der Waals surface area contributed by atoms with Crippen molar-refractivity contribution < 1.29 is 9.90 Å². The van der Waals surface area contributed by atoms with E-state index in [1.807, 2.05) is 0 Å². The molecule has 0 spiro atoms. The second kappa shape index (κ2) is 5.19. The quantitative estimate of drug-likeness (QED) is 0.752. The summed E-state index contributed by atoms with van der Waals surface area (Å²) < 4.78 is 0. The van der Waals surface area contributed by atoms with E-state index in [0.717, 1.165) is 0 Å². The molecule has 1 amide bonds. The summed E-state index contributed by atoms with van der Waals surface area (Å²) in [6.07, 6.45) is 0. The van der Waals surface area contributed by atoms with Gasteiger partial charge >= 0.3 is 0 Å². The Hall–Kier alpha value is -0.970. The summed E-state index contributed by atoms with van der Waals surface area (Å²) in [6, 6.07) is 2.89. The number of aliphatic hydroxyl groups is 1. The lowest BCUT2D eigenvalue weighted by molar-refractivity contribution is -0.00292. The third-order valence-electron chi connectivity index (χ3n) is 3.27. The van der Waals surface area contributed by atoms with Crippen molar-refractivity contribution in [1.29, 1.82) is 0 Å². The molecule has 0 aromatic heterocycles. The van der Waals surface area contributed by atoms with Crippen LogP contribution in [-0.2, 0) is 0 Å². The predicted molar refractivity (Wildman–Crippen MR) is 78.7 cm³/mol. The van der Waals surface area contributed by atoms with E-state index in [1.165, 1.54) is 12.1 Å². The van der Waals surface area contributed by atoms with Crippen molar-refractivity contribution in [2.75, 3.05) is 5.73 Å². The van der Waals surface area contributed by atoms with Crippen molar-refractivity contribution in [3.05, 3.63) is 27.7 Å². The Balaban J connectivity index is 3.03. The molecule has 1 aromatic rings. The molecule has 0 atom stereocenters. The van der Waals surface area contributed by atoms with Crippen molar-refractivity contribution in [3.8, 4) is 0 Å². The van der Waals surface area contributed by atoms with E-state index in [9.17, 15) is 9.90 Å². The molecule has 0 heterocycles. The normalized spacial score (nSPS) is 12.4. The van der Waals surface area contributed by atoms with E-state index in [1.54, 1.807) is 27.7 Å². The van der Waals surface area contributed by atoms with Crippen molar-refractivity contribution in [2.45, 2.75) is 38.8 Å². The van der Waals surface area contributed by atoms with Gasteiger partial charge in [-0.2, -0.15) is 0 Å². The van der Waals surface area contributed by atoms with Gasteiger partial charge in [-0.3, -0.25) is 4.79 Å². The van der Waals surface area contributed by atoms with Gasteiger partial charge in [0.1, 0.15) is 0 Å². The second-order valence-electron chi connectivity index (χ2n) is 5.50. The zero-order valence-corrected chi connectivity index (χ0v) is 12.9. The van der Waals surface area contributed by atoms with E-state index in [4.69, 9.17) is 28.9 Å². The highest BCUT2D eigenvalue weighted by molar-refractivity contribution is 6.43. The maximum absolute atomic E-state index is 12.1. The number of amides is 1. The van der Waals surface area contributed by atoms with Crippen LogP contribution >= 0.6 is 23.2 Å². The molecule has 0 aliphatic heterocycles. The number of nitrogens with two attached hydrogens (primary N) is 1. The Morgan fingerprint density at radius 2 is 1.79 bits per heavy atom. The number of halogens is 2. The van der Waals surface area contributed by atoms with E-state index < -0.39 is 11.1 Å². The van der Waals surface area contributed by atoms with Crippen LogP contribution in [0.2, 0.25) is 10.0 Å². The van der Waals surface area contributed by atoms with Crippen LogP contribution in [-0.4, -0.2) is 22.2 Å². The van der Waals surface area contributed by atoms with Crippen LogP contribution in [0.1, 0.15) is 38.1 Å². The molecule has 1 aromatic carbocycles. The van der Waals surface area contributed by atoms with Gasteiger partial charge in [0.05, 0.1) is 26.9 Å². The molecule has 0 fully saturated rings. The number of nitrogen functional groups attached to an aromatic ring is 1. The molecule has 106 valence electrons. The molecule has 0 saturated heterocycles. The van der Waals surface area contributed by atoms with Gasteiger partial charge in [-0.15, -0.1) is 0 Å². The summed E-state index contributed by atoms with van der Waals surface area (Å²) in [5.41, 5.74) is 4.30. The van der Waals surface area contributed by atoms with Crippen LogP contribution in [0.4, 0.5) is 5.69 Å². The number of hydrogen-bond donors (Lipinski definition) is 3. The minimum Gasteiger partial charge on any atom is -0.397 e. The van der Waals surface area contributed by atoms with Gasteiger partial charge < -0.3 is 16.2 Å². The summed E-state index contributed by atoms with van der Waals surface area (Å²) in [4.78, 5) is 12.1. The van der Waals surface area contributed by atoms with E-state index in [0.29, 0.717) is 5.56 Å². The average Bonchev–Trinajstić information content (AvgIpc) is 2.22. The molecule has 0 aliphatic carbocycles. The van der Waals surface area contributed by atoms with Gasteiger partial charge in [0.2, 0.25) is 0 Å². The molecule has 0 radical (unpaired) electrons. The number of anilines is 1. The lowest BCUT2D eigenvalue weighted by atomic mass is 9.85. The SMILES string of the molecule is CC(C)(O)C(C)(C)NC(=O)c1cc(N)c(Cl)c(Cl)c1. The molecular weight excluding hydrogens is 287 g/mol. The fourth-order valence-corrected chi connectivity index (χ4v) is 1.59. The first-order valence-electron chi connectivity index (χ1n) is 5.75. The van der Waals surface area contributed by atoms with Crippen LogP contribution in [0.15, 0.2) is 12.1 Å². The number of benzene rings is 1. The highest BCUT2D eigenvalue weighted by Gasteiger charge is 2.36. The number of carbonyl (C=O) groups excluding carboxylic acids is 1. The number of nitrogens with one attached hydrogen (secondary N) is 1. The van der Waals surface area contributed by atoms with Gasteiger partial charge in [-0.05, 0) is 39.8 Å². The van der Waals surface area contributed by atoms with Gasteiger partial charge in [0, 0.05) is 5.56 Å². The fourth-order valence-electron chi connectivity index (χ4n) is 1.25. The van der Waals surface area contributed by atoms with Gasteiger partial charge in [-0.1, -0.05) is 23.2 Å². The smallest absolute Gasteiger partial charge is 0.251 e.